The molecule has 1 N–H and O–H groups in total. The second-order valence-corrected chi connectivity index (χ2v) is 8.79. The third-order valence-electron chi connectivity index (χ3n) is 6.92. The van der Waals surface area contributed by atoms with Crippen LogP contribution in [0.2, 0.25) is 0 Å². The monoisotopic (exact) mass is 444 g/mol. The van der Waals surface area contributed by atoms with Crippen LogP contribution in [0.5, 0.6) is 0 Å². The molecule has 1 saturated heterocycles. The first-order valence-electron chi connectivity index (χ1n) is 11.1. The molecule has 2 aliphatic carbocycles. The van der Waals surface area contributed by atoms with Crippen LogP contribution in [0.25, 0.3) is 11.1 Å². The Morgan fingerprint density at radius 1 is 0.875 bits per heavy atom. The van der Waals surface area contributed by atoms with E-state index in [1.54, 1.807) is 12.1 Å². The quantitative estimate of drug-likeness (QED) is 0.399. The average Bonchev–Trinajstić information content (AvgIpc) is 3.40. The minimum Gasteiger partial charge on any atom is -0.388 e. The zero-order valence-corrected chi connectivity index (χ0v) is 17.7. The molecule has 0 radical (unpaired) electrons. The lowest BCUT2D eigenvalue weighted by molar-refractivity contribution is 0.160. The molecule has 2 nitrogen and oxygen atoms in total. The predicted octanol–water partition coefficient (Wildman–Crippen LogP) is 6.65. The molecule has 5 rings (SSSR count). The molecule has 2 aromatic rings. The molecule has 1 aliphatic heterocycles. The van der Waals surface area contributed by atoms with Gasteiger partial charge in [0.1, 0.15) is 6.10 Å². The molecule has 2 aromatic carbocycles. The molecule has 168 valence electrons. The fourth-order valence-corrected chi connectivity index (χ4v) is 5.18. The standard InChI is InChI=1S/C26H24F4O2/c1-2-3-21(31)19-10-8-17(23(27)25(19)29)15-6-4-14-13(15)5-7-16(14)18-9-11-20(22-12-32-22)26(30)24(18)28/h6-11,13-14,21-22,31H,2-5,12H2,1H3/t13-,14-,21?,22?/m1/s1. The second kappa shape index (κ2) is 8.16. The van der Waals surface area contributed by atoms with Gasteiger partial charge in [-0.3, -0.25) is 0 Å². The van der Waals surface area contributed by atoms with Gasteiger partial charge in [0.25, 0.3) is 0 Å². The van der Waals surface area contributed by atoms with Crippen molar-refractivity contribution in [2.45, 2.75) is 44.8 Å². The second-order valence-electron chi connectivity index (χ2n) is 8.79. The lowest BCUT2D eigenvalue weighted by atomic mass is 9.84. The number of aliphatic hydroxyl groups excluding tert-OH is 1. The number of rotatable bonds is 6. The Bertz CT molecular complexity index is 1130. The lowest BCUT2D eigenvalue weighted by Gasteiger charge is -2.20. The zero-order chi connectivity index (χ0) is 22.6. The Kier molecular flexibility index (Phi) is 5.46. The van der Waals surface area contributed by atoms with Crippen LogP contribution < -0.4 is 0 Å². The molecule has 0 bridgehead atoms. The zero-order valence-electron chi connectivity index (χ0n) is 17.7. The van der Waals surface area contributed by atoms with E-state index in [0.717, 1.165) is 0 Å². The summed E-state index contributed by atoms with van der Waals surface area (Å²) in [6.07, 6.45) is 4.41. The number of halogens is 4. The van der Waals surface area contributed by atoms with Gasteiger partial charge in [-0.15, -0.1) is 0 Å². The summed E-state index contributed by atoms with van der Waals surface area (Å²) in [5.74, 6) is -4.00. The number of hydrogen-bond donors (Lipinski definition) is 1. The van der Waals surface area contributed by atoms with Crippen molar-refractivity contribution in [3.63, 3.8) is 0 Å². The van der Waals surface area contributed by atoms with E-state index in [9.17, 15) is 22.7 Å². The maximum atomic E-state index is 15.0. The Hall–Kier alpha value is -2.44. The Morgan fingerprint density at radius 3 is 2.00 bits per heavy atom. The first-order valence-corrected chi connectivity index (χ1v) is 11.1. The van der Waals surface area contributed by atoms with Crippen LogP contribution in [0.3, 0.4) is 0 Å². The third-order valence-corrected chi connectivity index (χ3v) is 6.92. The predicted molar refractivity (Wildman–Crippen MR) is 113 cm³/mol. The number of allylic oxidation sites excluding steroid dienone is 4. The number of fused-ring (bicyclic) bond motifs is 1. The molecule has 1 fully saturated rings. The normalized spacial score (nSPS) is 24.9. The van der Waals surface area contributed by atoms with E-state index < -0.39 is 29.4 Å². The number of benzene rings is 2. The number of ether oxygens (including phenoxy) is 1. The maximum absolute atomic E-state index is 15.0. The summed E-state index contributed by atoms with van der Waals surface area (Å²) < 4.78 is 64.1. The molecule has 0 saturated carbocycles. The maximum Gasteiger partial charge on any atom is 0.166 e. The van der Waals surface area contributed by atoms with Crippen LogP contribution >= 0.6 is 0 Å². The summed E-state index contributed by atoms with van der Waals surface area (Å²) in [5.41, 5.74) is 1.97. The Morgan fingerprint density at radius 2 is 1.44 bits per heavy atom. The molecule has 0 amide bonds. The third kappa shape index (κ3) is 3.41. The van der Waals surface area contributed by atoms with Gasteiger partial charge in [-0.1, -0.05) is 49.8 Å². The number of aliphatic hydroxyl groups is 1. The van der Waals surface area contributed by atoms with Gasteiger partial charge in [0, 0.05) is 22.3 Å². The van der Waals surface area contributed by atoms with E-state index in [2.05, 4.69) is 0 Å². The number of epoxide rings is 1. The molecular formula is C26H24F4O2. The van der Waals surface area contributed by atoms with Gasteiger partial charge in [-0.2, -0.15) is 0 Å². The van der Waals surface area contributed by atoms with E-state index in [4.69, 9.17) is 4.74 Å². The molecule has 32 heavy (non-hydrogen) atoms. The molecule has 4 atom stereocenters. The molecule has 6 heteroatoms. The van der Waals surface area contributed by atoms with Crippen molar-refractivity contribution in [3.05, 3.63) is 81.9 Å². The summed E-state index contributed by atoms with van der Waals surface area (Å²) >= 11 is 0. The molecule has 3 aliphatic rings. The van der Waals surface area contributed by atoms with Gasteiger partial charge in [-0.05, 0) is 42.2 Å². The van der Waals surface area contributed by atoms with Crippen LogP contribution in [0.15, 0.2) is 36.4 Å². The van der Waals surface area contributed by atoms with Crippen molar-refractivity contribution < 1.29 is 27.4 Å². The first kappa shape index (κ1) is 21.4. The summed E-state index contributed by atoms with van der Waals surface area (Å²) in [6.45, 7) is 2.26. The molecule has 1 heterocycles. The van der Waals surface area contributed by atoms with Crippen molar-refractivity contribution in [1.82, 2.24) is 0 Å². The topological polar surface area (TPSA) is 32.8 Å². The SMILES string of the molecule is CCCC(O)c1ccc(C2=CC[C@H]3C(c4ccc(C5CO5)c(F)c4F)=CC[C@@H]23)c(F)c1F. The average molecular weight is 444 g/mol. The Labute approximate surface area is 184 Å². The summed E-state index contributed by atoms with van der Waals surface area (Å²) in [5, 5.41) is 10.1. The van der Waals surface area contributed by atoms with E-state index >= 15 is 0 Å². The van der Waals surface area contributed by atoms with Crippen molar-refractivity contribution in [1.29, 1.82) is 0 Å². The minimum absolute atomic E-state index is 0.0363. The fraction of sp³-hybridized carbons (Fsp3) is 0.385. The van der Waals surface area contributed by atoms with Gasteiger partial charge < -0.3 is 9.84 Å². The summed E-state index contributed by atoms with van der Waals surface area (Å²) in [7, 11) is 0. The highest BCUT2D eigenvalue weighted by Crippen LogP contribution is 2.52. The van der Waals surface area contributed by atoms with Gasteiger partial charge in [-0.25, -0.2) is 17.6 Å². The highest BCUT2D eigenvalue weighted by atomic mass is 19.2. The first-order chi connectivity index (χ1) is 15.4. The van der Waals surface area contributed by atoms with Gasteiger partial charge in [0.2, 0.25) is 0 Å². The summed E-state index contributed by atoms with van der Waals surface area (Å²) in [6, 6.07) is 6.12. The highest BCUT2D eigenvalue weighted by molar-refractivity contribution is 5.80. The van der Waals surface area contributed by atoms with E-state index in [1.807, 2.05) is 19.1 Å². The van der Waals surface area contributed by atoms with Crippen molar-refractivity contribution >= 4 is 11.1 Å². The minimum atomic E-state index is -1.05. The van der Waals surface area contributed by atoms with Gasteiger partial charge in [0.05, 0.1) is 12.7 Å². The number of hydrogen-bond acceptors (Lipinski definition) is 2. The van der Waals surface area contributed by atoms with Crippen molar-refractivity contribution in [2.24, 2.45) is 11.8 Å². The lowest BCUT2D eigenvalue weighted by Crippen LogP contribution is -2.10. The van der Waals surface area contributed by atoms with Crippen LogP contribution in [0.1, 0.15) is 67.1 Å². The van der Waals surface area contributed by atoms with Crippen LogP contribution in [0, 0.1) is 35.1 Å². The molecule has 0 spiro atoms. The van der Waals surface area contributed by atoms with Crippen LogP contribution in [-0.4, -0.2) is 11.7 Å². The molecule has 0 aromatic heterocycles. The van der Waals surface area contributed by atoms with Crippen LogP contribution in [0.4, 0.5) is 17.6 Å². The highest BCUT2D eigenvalue weighted by Gasteiger charge is 2.40. The molecular weight excluding hydrogens is 420 g/mol. The van der Waals surface area contributed by atoms with Gasteiger partial charge in [0.15, 0.2) is 23.3 Å². The van der Waals surface area contributed by atoms with Crippen molar-refractivity contribution in [3.8, 4) is 0 Å². The van der Waals surface area contributed by atoms with Crippen LogP contribution in [-0.2, 0) is 4.74 Å². The van der Waals surface area contributed by atoms with E-state index in [-0.39, 0.29) is 40.2 Å². The van der Waals surface area contributed by atoms with Crippen molar-refractivity contribution in [2.75, 3.05) is 6.61 Å². The van der Waals surface area contributed by atoms with Gasteiger partial charge >= 0.3 is 0 Å². The largest absolute Gasteiger partial charge is 0.388 e. The molecule has 2 unspecified atom stereocenters. The Balaban J connectivity index is 1.41. The smallest absolute Gasteiger partial charge is 0.166 e. The summed E-state index contributed by atoms with van der Waals surface area (Å²) in [4.78, 5) is 0. The fourth-order valence-electron chi connectivity index (χ4n) is 5.18. The van der Waals surface area contributed by atoms with E-state index in [0.29, 0.717) is 43.4 Å². The van der Waals surface area contributed by atoms with E-state index in [1.165, 1.54) is 12.1 Å².